The number of hydrogen-bond donors (Lipinski definition) is 1. The highest BCUT2D eigenvalue weighted by atomic mass is 32.2. The molecule has 1 unspecified atom stereocenters. The van der Waals surface area contributed by atoms with Crippen molar-refractivity contribution >= 4 is 40.0 Å². The van der Waals surface area contributed by atoms with Crippen molar-refractivity contribution in [1.82, 2.24) is 5.01 Å². The van der Waals surface area contributed by atoms with E-state index in [9.17, 15) is 4.79 Å². The Morgan fingerprint density at radius 2 is 1.71 bits per heavy atom. The lowest BCUT2D eigenvalue weighted by Gasteiger charge is -2.38. The van der Waals surface area contributed by atoms with Gasteiger partial charge in [-0.3, -0.25) is 4.79 Å². The molecule has 1 N–H and O–H groups in total. The zero-order valence-corrected chi connectivity index (χ0v) is 17.1. The van der Waals surface area contributed by atoms with Crippen LogP contribution in [0.15, 0.2) is 58.6 Å². The minimum absolute atomic E-state index is 0.305. The maximum atomic E-state index is 12.9. The van der Waals surface area contributed by atoms with E-state index >= 15 is 0 Å². The molecule has 0 aromatic heterocycles. The Morgan fingerprint density at radius 1 is 1.14 bits per heavy atom. The zero-order valence-electron chi connectivity index (χ0n) is 16.3. The fraction of sp³-hybridized carbons (Fsp3) is 0.286. The number of para-hydroxylation sites is 2. The second-order valence-corrected chi connectivity index (χ2v) is 8.04. The fourth-order valence-corrected chi connectivity index (χ4v) is 5.06. The van der Waals surface area contributed by atoms with Crippen molar-refractivity contribution in [3.05, 3.63) is 59.7 Å². The molecule has 0 aliphatic carbocycles. The molecule has 2 aromatic rings. The third-order valence-electron chi connectivity index (χ3n) is 4.86. The number of methoxy groups -OCH3 is 1. The van der Waals surface area contributed by atoms with Gasteiger partial charge in [0.1, 0.15) is 10.8 Å². The maximum Gasteiger partial charge on any atom is 0.322 e. The van der Waals surface area contributed by atoms with Crippen LogP contribution in [0.3, 0.4) is 0 Å². The van der Waals surface area contributed by atoms with Crippen LogP contribution < -0.4 is 5.32 Å². The van der Waals surface area contributed by atoms with Crippen molar-refractivity contribution in [2.75, 3.05) is 19.5 Å². The number of thioether (sulfide) groups is 1. The van der Waals surface area contributed by atoms with E-state index in [1.54, 1.807) is 5.01 Å². The molecule has 2 aliphatic heterocycles. The second kappa shape index (κ2) is 6.98. The number of benzene rings is 2. The van der Waals surface area contributed by atoms with Gasteiger partial charge in [0.2, 0.25) is 0 Å². The molecule has 2 aromatic carbocycles. The van der Waals surface area contributed by atoms with Crippen LogP contribution in [0.25, 0.3) is 0 Å². The van der Waals surface area contributed by atoms with Crippen LogP contribution in [-0.2, 0) is 15.1 Å². The molecule has 1 spiro atoms. The summed E-state index contributed by atoms with van der Waals surface area (Å²) in [6, 6.07) is 16.0. The van der Waals surface area contributed by atoms with Crippen LogP contribution in [0.4, 0.5) is 11.4 Å². The summed E-state index contributed by atoms with van der Waals surface area (Å²) < 4.78 is 5.19. The summed E-state index contributed by atoms with van der Waals surface area (Å²) in [6.45, 7) is 3.86. The number of nitrogens with one attached hydrogen (secondary N) is 1. The lowest BCUT2D eigenvalue weighted by atomic mass is 9.76. The van der Waals surface area contributed by atoms with E-state index in [1.165, 1.54) is 18.9 Å². The first-order chi connectivity index (χ1) is 13.5. The van der Waals surface area contributed by atoms with Gasteiger partial charge in [-0.2, -0.15) is 5.10 Å². The van der Waals surface area contributed by atoms with E-state index in [4.69, 9.17) is 9.73 Å². The molecule has 0 saturated heterocycles. The number of esters is 1. The Hall–Kier alpha value is -2.80. The fourth-order valence-electron chi connectivity index (χ4n) is 3.79. The van der Waals surface area contributed by atoms with Crippen molar-refractivity contribution in [2.24, 2.45) is 10.1 Å². The van der Waals surface area contributed by atoms with Gasteiger partial charge in [0.25, 0.3) is 0 Å². The Kier molecular flexibility index (Phi) is 4.63. The number of rotatable bonds is 2. The number of carbonyl (C=O) groups is 1. The molecule has 28 heavy (non-hydrogen) atoms. The first-order valence-electron chi connectivity index (χ1n) is 9.03. The molecule has 7 heteroatoms. The van der Waals surface area contributed by atoms with Crippen LogP contribution in [0.5, 0.6) is 0 Å². The predicted octanol–water partition coefficient (Wildman–Crippen LogP) is 3.96. The highest BCUT2D eigenvalue weighted by Crippen LogP contribution is 2.55. The topological polar surface area (TPSA) is 66.3 Å². The number of aliphatic imine (C=N–C) groups is 1. The molecule has 2 heterocycles. The Labute approximate surface area is 168 Å². The maximum absolute atomic E-state index is 12.9. The SMILES string of the molecule is COC(=O)C1SC(N(C)N=C(C)C)=NC12c1ccccc1Nc1ccccc12. The monoisotopic (exact) mass is 394 g/mol. The lowest BCUT2D eigenvalue weighted by Crippen LogP contribution is -2.42. The summed E-state index contributed by atoms with van der Waals surface area (Å²) in [5.41, 5.74) is 3.83. The lowest BCUT2D eigenvalue weighted by molar-refractivity contribution is -0.140. The van der Waals surface area contributed by atoms with E-state index in [2.05, 4.69) is 10.4 Å². The molecule has 0 amide bonds. The number of carbonyl (C=O) groups excluding carboxylic acids is 1. The minimum Gasteiger partial charge on any atom is -0.468 e. The summed E-state index contributed by atoms with van der Waals surface area (Å²) >= 11 is 1.39. The summed E-state index contributed by atoms with van der Waals surface area (Å²) in [6.07, 6.45) is 0. The van der Waals surface area contributed by atoms with Crippen molar-refractivity contribution in [1.29, 1.82) is 0 Å². The molecule has 0 bridgehead atoms. The quantitative estimate of drug-likeness (QED) is 0.474. The van der Waals surface area contributed by atoms with Gasteiger partial charge >= 0.3 is 5.97 Å². The molecule has 0 radical (unpaired) electrons. The number of anilines is 2. The molecular weight excluding hydrogens is 372 g/mol. The van der Waals surface area contributed by atoms with Crippen LogP contribution in [-0.4, -0.2) is 41.3 Å². The zero-order chi connectivity index (χ0) is 19.9. The van der Waals surface area contributed by atoms with Gasteiger partial charge in [0, 0.05) is 35.3 Å². The van der Waals surface area contributed by atoms with Crippen molar-refractivity contribution < 1.29 is 9.53 Å². The number of fused-ring (bicyclic) bond motifs is 4. The van der Waals surface area contributed by atoms with Crippen LogP contribution in [0.2, 0.25) is 0 Å². The van der Waals surface area contributed by atoms with Gasteiger partial charge in [-0.05, 0) is 26.0 Å². The number of ether oxygens (including phenoxy) is 1. The molecule has 0 fully saturated rings. The van der Waals surface area contributed by atoms with Crippen LogP contribution in [0, 0.1) is 0 Å². The molecule has 4 rings (SSSR count). The van der Waals surface area contributed by atoms with E-state index in [1.807, 2.05) is 69.4 Å². The van der Waals surface area contributed by atoms with Gasteiger partial charge in [0.15, 0.2) is 5.17 Å². The van der Waals surface area contributed by atoms with Crippen LogP contribution >= 0.6 is 11.8 Å². The summed E-state index contributed by atoms with van der Waals surface area (Å²) in [7, 11) is 3.27. The molecule has 2 aliphatic rings. The molecule has 0 saturated carbocycles. The first kappa shape index (κ1) is 18.6. The third-order valence-corrected chi connectivity index (χ3v) is 6.20. The number of nitrogens with zero attached hydrogens (tertiary/aromatic N) is 3. The molecule has 144 valence electrons. The molecular formula is C21H22N4O2S. The average molecular weight is 395 g/mol. The number of hydrogen-bond acceptors (Lipinski definition) is 7. The largest absolute Gasteiger partial charge is 0.468 e. The van der Waals surface area contributed by atoms with E-state index in [0.29, 0.717) is 5.17 Å². The second-order valence-electron chi connectivity index (χ2n) is 6.97. The van der Waals surface area contributed by atoms with E-state index < -0.39 is 10.8 Å². The highest BCUT2D eigenvalue weighted by Gasteiger charge is 2.56. The molecule has 1 atom stereocenters. The Bertz CT molecular complexity index is 952. The third kappa shape index (κ3) is 2.77. The molecule has 6 nitrogen and oxygen atoms in total. The number of hydrazone groups is 1. The summed E-state index contributed by atoms with van der Waals surface area (Å²) in [5.74, 6) is -0.305. The predicted molar refractivity (Wildman–Crippen MR) is 114 cm³/mol. The van der Waals surface area contributed by atoms with Crippen LogP contribution in [0.1, 0.15) is 25.0 Å². The van der Waals surface area contributed by atoms with E-state index in [-0.39, 0.29) is 5.97 Å². The van der Waals surface area contributed by atoms with Crippen molar-refractivity contribution in [2.45, 2.75) is 24.6 Å². The van der Waals surface area contributed by atoms with Gasteiger partial charge in [-0.1, -0.05) is 48.2 Å². The summed E-state index contributed by atoms with van der Waals surface area (Å²) in [4.78, 5) is 18.0. The minimum atomic E-state index is -0.878. The number of amidine groups is 1. The first-order valence-corrected chi connectivity index (χ1v) is 9.91. The van der Waals surface area contributed by atoms with Gasteiger partial charge in [0.05, 0.1) is 7.11 Å². The smallest absolute Gasteiger partial charge is 0.322 e. The highest BCUT2D eigenvalue weighted by molar-refractivity contribution is 8.15. The Balaban J connectivity index is 1.99. The van der Waals surface area contributed by atoms with Crippen molar-refractivity contribution in [3.8, 4) is 0 Å². The van der Waals surface area contributed by atoms with E-state index in [0.717, 1.165) is 28.2 Å². The van der Waals surface area contributed by atoms with Gasteiger partial charge in [-0.25, -0.2) is 10.0 Å². The Morgan fingerprint density at radius 3 is 2.25 bits per heavy atom. The summed E-state index contributed by atoms with van der Waals surface area (Å²) in [5, 5.41) is 9.84. The standard InChI is InChI=1S/C21H22N4O2S/c1-13(2)24-25(3)20-23-21(18(28-20)19(26)27-4)14-9-5-7-11-16(14)22-17-12-8-6-10-15(17)21/h5-12,18,22H,1-4H3. The van der Waals surface area contributed by atoms with Gasteiger partial charge in [-0.15, -0.1) is 0 Å². The average Bonchev–Trinajstić information content (AvgIpc) is 3.09. The normalized spacial score (nSPS) is 18.4. The van der Waals surface area contributed by atoms with Crippen molar-refractivity contribution in [3.63, 3.8) is 0 Å². The van der Waals surface area contributed by atoms with Gasteiger partial charge < -0.3 is 10.1 Å².